The molecule has 2 heterocycles. The normalized spacial score (nSPS) is 27.6. The Bertz CT molecular complexity index is 1320. The number of amides is 1. The summed E-state index contributed by atoms with van der Waals surface area (Å²) in [4.78, 5) is 15.6. The predicted octanol–water partition coefficient (Wildman–Crippen LogP) is 5.86. The monoisotopic (exact) mass is 588 g/mol. The molecule has 0 radical (unpaired) electrons. The van der Waals surface area contributed by atoms with Crippen molar-refractivity contribution in [3.05, 3.63) is 58.1 Å². The smallest absolute Gasteiger partial charge is 0.264 e. The van der Waals surface area contributed by atoms with Crippen LogP contribution in [0.1, 0.15) is 86.2 Å². The van der Waals surface area contributed by atoms with E-state index >= 15 is 0 Å². The van der Waals surface area contributed by atoms with Crippen LogP contribution < -0.4 is 14.4 Å². The van der Waals surface area contributed by atoms with E-state index in [4.69, 9.17) is 16.3 Å². The number of ether oxygens (including phenoxy) is 1. The summed E-state index contributed by atoms with van der Waals surface area (Å²) < 4.78 is 35.0. The molecule has 2 aliphatic heterocycles. The molecule has 3 aliphatic rings. The van der Waals surface area contributed by atoms with Crippen LogP contribution in [0.25, 0.3) is 0 Å². The van der Waals surface area contributed by atoms with E-state index in [0.29, 0.717) is 54.5 Å². The van der Waals surface area contributed by atoms with Gasteiger partial charge in [-0.05, 0) is 105 Å². The van der Waals surface area contributed by atoms with Gasteiger partial charge in [0.25, 0.3) is 5.91 Å². The minimum atomic E-state index is -3.84. The number of carbonyl (C=O) groups is 1. The van der Waals surface area contributed by atoms with Gasteiger partial charge in [-0.25, -0.2) is 13.1 Å². The third-order valence-electron chi connectivity index (χ3n) is 9.07. The fraction of sp³-hybridized carbons (Fsp3) is 0.581. The highest BCUT2D eigenvalue weighted by Crippen LogP contribution is 2.41. The first-order valence-corrected chi connectivity index (χ1v) is 16.7. The van der Waals surface area contributed by atoms with Crippen LogP contribution in [0.3, 0.4) is 0 Å². The van der Waals surface area contributed by atoms with E-state index in [0.717, 1.165) is 62.9 Å². The lowest BCUT2D eigenvalue weighted by molar-refractivity contribution is 0.00934. The van der Waals surface area contributed by atoms with Gasteiger partial charge in [0.05, 0.1) is 17.0 Å². The van der Waals surface area contributed by atoms with Gasteiger partial charge in [0.2, 0.25) is 10.0 Å². The molecule has 7 nitrogen and oxygen atoms in total. The zero-order valence-corrected chi connectivity index (χ0v) is 24.9. The third kappa shape index (κ3) is 6.60. The molecule has 2 aromatic carbocycles. The molecule has 1 amide bonds. The number of halogens is 1. The Hall–Kier alpha value is -2.29. The Labute approximate surface area is 243 Å². The van der Waals surface area contributed by atoms with Crippen molar-refractivity contribution in [3.8, 4) is 5.75 Å². The van der Waals surface area contributed by atoms with Crippen LogP contribution in [0.5, 0.6) is 5.75 Å². The number of fused-ring (bicyclic) bond motifs is 3. The van der Waals surface area contributed by atoms with Gasteiger partial charge in [-0.3, -0.25) is 4.79 Å². The second kappa shape index (κ2) is 12.7. The zero-order chi connectivity index (χ0) is 28.3. The Morgan fingerprint density at radius 1 is 1.02 bits per heavy atom. The summed E-state index contributed by atoms with van der Waals surface area (Å²) in [6.45, 7) is 3.74. The molecule has 1 aliphatic carbocycles. The second-order valence-electron chi connectivity index (χ2n) is 11.6. The summed E-state index contributed by atoms with van der Waals surface area (Å²) in [6.07, 6.45) is 7.56. The van der Waals surface area contributed by atoms with Crippen molar-refractivity contribution >= 4 is 33.2 Å². The van der Waals surface area contributed by atoms with Crippen LogP contribution in [0.4, 0.5) is 5.69 Å². The molecule has 2 N–H and O–H groups in total. The zero-order valence-electron chi connectivity index (χ0n) is 23.3. The number of nitrogens with one attached hydrogen (secondary N) is 1. The van der Waals surface area contributed by atoms with Crippen LogP contribution >= 0.6 is 11.6 Å². The molecule has 4 atom stereocenters. The molecule has 218 valence electrons. The highest BCUT2D eigenvalue weighted by Gasteiger charge is 2.37. The maximum absolute atomic E-state index is 13.3. The van der Waals surface area contributed by atoms with Crippen LogP contribution in [0, 0.1) is 11.8 Å². The van der Waals surface area contributed by atoms with Crippen LogP contribution in [0.15, 0.2) is 36.4 Å². The summed E-state index contributed by atoms with van der Waals surface area (Å²) in [5.74, 6) is 0.642. The highest BCUT2D eigenvalue weighted by atomic mass is 35.5. The van der Waals surface area contributed by atoms with E-state index in [1.165, 1.54) is 5.56 Å². The minimum absolute atomic E-state index is 0.235. The third-order valence-corrected chi connectivity index (χ3v) is 11.2. The molecule has 9 heteroatoms. The number of hydrogen-bond acceptors (Lipinski definition) is 6. The Morgan fingerprint density at radius 3 is 2.62 bits per heavy atom. The summed E-state index contributed by atoms with van der Waals surface area (Å²) in [7, 11) is -3.84. The molecule has 1 saturated carbocycles. The summed E-state index contributed by atoms with van der Waals surface area (Å²) in [5, 5.41) is 11.1. The number of aliphatic hydroxyl groups excluding tert-OH is 1. The number of aliphatic hydroxyl groups is 1. The van der Waals surface area contributed by atoms with Gasteiger partial charge in [0.15, 0.2) is 0 Å². The van der Waals surface area contributed by atoms with Crippen molar-refractivity contribution in [1.29, 1.82) is 0 Å². The van der Waals surface area contributed by atoms with Crippen molar-refractivity contribution in [2.45, 2.75) is 89.1 Å². The Morgan fingerprint density at radius 2 is 1.85 bits per heavy atom. The predicted molar refractivity (Wildman–Crippen MR) is 159 cm³/mol. The first-order valence-electron chi connectivity index (χ1n) is 14.8. The lowest BCUT2D eigenvalue weighted by atomic mass is 9.69. The average Bonchev–Trinajstić information content (AvgIpc) is 2.93. The molecular weight excluding hydrogens is 548 g/mol. The number of rotatable bonds is 1. The number of carbonyl (C=O) groups excluding carboxylic acids is 1. The first kappa shape index (κ1) is 29.2. The quantitative estimate of drug-likeness (QED) is 0.433. The lowest BCUT2D eigenvalue weighted by Gasteiger charge is -2.43. The van der Waals surface area contributed by atoms with Crippen LogP contribution in [-0.2, 0) is 23.1 Å². The summed E-state index contributed by atoms with van der Waals surface area (Å²) in [6, 6.07) is 11.1. The Kier molecular flexibility index (Phi) is 9.28. The van der Waals surface area contributed by atoms with Crippen molar-refractivity contribution < 1.29 is 23.1 Å². The maximum atomic E-state index is 13.3. The molecule has 0 aromatic heterocycles. The number of nitrogens with zero attached hydrogens (tertiary/aromatic N) is 1. The first-order chi connectivity index (χ1) is 19.2. The number of aryl methyl sites for hydroxylation is 1. The molecule has 2 bridgehead atoms. The van der Waals surface area contributed by atoms with Gasteiger partial charge in [-0.15, -0.1) is 0 Å². The molecular formula is C31H41ClN2O5S. The fourth-order valence-electron chi connectivity index (χ4n) is 6.48. The second-order valence-corrected chi connectivity index (χ2v) is 14.0. The number of benzene rings is 2. The summed E-state index contributed by atoms with van der Waals surface area (Å²) in [5.41, 5.74) is 3.35. The van der Waals surface area contributed by atoms with Gasteiger partial charge in [0.1, 0.15) is 12.4 Å². The largest absolute Gasteiger partial charge is 0.487 e. The highest BCUT2D eigenvalue weighted by molar-refractivity contribution is 7.90. The van der Waals surface area contributed by atoms with Gasteiger partial charge < -0.3 is 14.7 Å². The van der Waals surface area contributed by atoms with E-state index in [2.05, 4.69) is 9.62 Å². The SMILES string of the molecule is CC[C@H]1CCCC[C@H](O)[C@@H]2CC[C@H]2CN2CCCCc3cc(Cl)ccc3COc3ccc(cc32)C(=O)NS1(=O)=O. The topological polar surface area (TPSA) is 95.9 Å². The molecule has 5 rings (SSSR count). The minimum Gasteiger partial charge on any atom is -0.487 e. The maximum Gasteiger partial charge on any atom is 0.264 e. The lowest BCUT2D eigenvalue weighted by Crippen LogP contribution is -2.44. The number of hydrogen-bond donors (Lipinski definition) is 2. The summed E-state index contributed by atoms with van der Waals surface area (Å²) >= 11 is 6.30. The van der Waals surface area contributed by atoms with Crippen molar-refractivity contribution in [3.63, 3.8) is 0 Å². The van der Waals surface area contributed by atoms with Gasteiger partial charge in [-0.2, -0.15) is 0 Å². The Balaban J connectivity index is 1.52. The molecule has 2 aromatic rings. The van der Waals surface area contributed by atoms with Crippen LogP contribution in [-0.4, -0.2) is 43.9 Å². The van der Waals surface area contributed by atoms with E-state index in [-0.39, 0.29) is 12.0 Å². The van der Waals surface area contributed by atoms with Crippen molar-refractivity contribution in [2.24, 2.45) is 11.8 Å². The van der Waals surface area contributed by atoms with Crippen molar-refractivity contribution in [1.82, 2.24) is 4.72 Å². The fourth-order valence-corrected chi connectivity index (χ4v) is 8.13. The van der Waals surface area contributed by atoms with Crippen molar-refractivity contribution in [2.75, 3.05) is 18.0 Å². The van der Waals surface area contributed by atoms with E-state index in [9.17, 15) is 18.3 Å². The molecule has 0 unspecified atom stereocenters. The van der Waals surface area contributed by atoms with Gasteiger partial charge in [-0.1, -0.05) is 37.4 Å². The van der Waals surface area contributed by atoms with E-state index in [1.54, 1.807) is 18.2 Å². The van der Waals surface area contributed by atoms with E-state index in [1.807, 2.05) is 25.1 Å². The van der Waals surface area contributed by atoms with E-state index < -0.39 is 21.2 Å². The average molecular weight is 589 g/mol. The number of sulfonamides is 1. The van der Waals surface area contributed by atoms with Gasteiger partial charge in [0, 0.05) is 23.7 Å². The molecule has 40 heavy (non-hydrogen) atoms. The standard InChI is InChI=1S/C31H41ClN2O5S/c1-2-26-8-3-4-9-29(35)27-14-11-23(27)19-34-16-6-5-7-21-17-25(32)13-10-24(21)20-39-30-15-12-22(18-28(30)34)31(36)33-40(26,37)38/h10,12-13,15,17-18,23,26-27,29,35H,2-9,11,14,16,19-20H2,1H3,(H,33,36)/t23-,26-,27+,29-/m0/s1. The molecule has 0 saturated heterocycles. The molecule has 0 spiro atoms. The van der Waals surface area contributed by atoms with Gasteiger partial charge >= 0.3 is 0 Å². The molecule has 1 fully saturated rings. The van der Waals surface area contributed by atoms with Crippen LogP contribution in [0.2, 0.25) is 5.02 Å². The number of anilines is 1.